The fourth-order valence-corrected chi connectivity index (χ4v) is 3.82. The number of ether oxygens (including phenoxy) is 2. The van der Waals surface area contributed by atoms with Gasteiger partial charge >= 0.3 is 0 Å². The average Bonchev–Trinajstić information content (AvgIpc) is 2.69. The van der Waals surface area contributed by atoms with Crippen LogP contribution in [0.3, 0.4) is 0 Å². The highest BCUT2D eigenvalue weighted by Crippen LogP contribution is 2.22. The van der Waals surface area contributed by atoms with Crippen LogP contribution in [0.15, 0.2) is 48.5 Å². The van der Waals surface area contributed by atoms with Crippen LogP contribution >= 0.6 is 0 Å². The van der Waals surface area contributed by atoms with Gasteiger partial charge < -0.3 is 14.8 Å². The van der Waals surface area contributed by atoms with Crippen LogP contribution in [0.2, 0.25) is 0 Å². The Balaban J connectivity index is 1.92. The SMILES string of the molecule is COc1ccccc1CCCNC(=O)CN(c1ccc(OC(C)C)cc1)S(C)(=O)=O. The van der Waals surface area contributed by atoms with Crippen molar-refractivity contribution in [1.29, 1.82) is 0 Å². The summed E-state index contributed by atoms with van der Waals surface area (Å²) in [5, 5.41) is 2.79. The molecule has 1 amide bonds. The number of amides is 1. The van der Waals surface area contributed by atoms with E-state index in [1.807, 2.05) is 38.1 Å². The van der Waals surface area contributed by atoms with E-state index in [0.717, 1.165) is 28.3 Å². The monoisotopic (exact) mass is 434 g/mol. The third-order valence-electron chi connectivity index (χ3n) is 4.32. The number of carbonyl (C=O) groups is 1. The molecule has 2 aromatic carbocycles. The second kappa shape index (κ2) is 10.9. The summed E-state index contributed by atoms with van der Waals surface area (Å²) in [6.07, 6.45) is 2.56. The quantitative estimate of drug-likeness (QED) is 0.550. The molecule has 0 aromatic heterocycles. The zero-order valence-electron chi connectivity index (χ0n) is 17.9. The molecule has 30 heavy (non-hydrogen) atoms. The molecule has 2 aromatic rings. The van der Waals surface area contributed by atoms with Crippen molar-refractivity contribution in [3.63, 3.8) is 0 Å². The van der Waals surface area contributed by atoms with Gasteiger partial charge in [0.1, 0.15) is 18.0 Å². The number of nitrogens with zero attached hydrogens (tertiary/aromatic N) is 1. The van der Waals surface area contributed by atoms with Gasteiger partial charge in [-0.1, -0.05) is 18.2 Å². The third kappa shape index (κ3) is 7.26. The highest BCUT2D eigenvalue weighted by atomic mass is 32.2. The Morgan fingerprint density at radius 3 is 2.37 bits per heavy atom. The molecule has 0 saturated carbocycles. The number of carbonyl (C=O) groups excluding carboxylic acids is 1. The molecule has 1 N–H and O–H groups in total. The molecule has 0 aliphatic carbocycles. The minimum atomic E-state index is -3.62. The number of sulfonamides is 1. The summed E-state index contributed by atoms with van der Waals surface area (Å²) in [6.45, 7) is 3.98. The zero-order valence-corrected chi connectivity index (χ0v) is 18.7. The van der Waals surface area contributed by atoms with Gasteiger partial charge in [0.15, 0.2) is 0 Å². The van der Waals surface area contributed by atoms with E-state index in [1.54, 1.807) is 31.4 Å². The fourth-order valence-electron chi connectivity index (χ4n) is 2.97. The predicted octanol–water partition coefficient (Wildman–Crippen LogP) is 3.00. The third-order valence-corrected chi connectivity index (χ3v) is 5.46. The molecule has 7 nitrogen and oxygen atoms in total. The smallest absolute Gasteiger partial charge is 0.240 e. The van der Waals surface area contributed by atoms with Crippen molar-refractivity contribution in [2.24, 2.45) is 0 Å². The van der Waals surface area contributed by atoms with Crippen molar-refractivity contribution in [3.8, 4) is 11.5 Å². The molecule has 0 fully saturated rings. The van der Waals surface area contributed by atoms with E-state index in [1.165, 1.54) is 0 Å². The van der Waals surface area contributed by atoms with Crippen molar-refractivity contribution in [2.45, 2.75) is 32.8 Å². The van der Waals surface area contributed by atoms with E-state index in [-0.39, 0.29) is 18.6 Å². The number of anilines is 1. The topological polar surface area (TPSA) is 84.9 Å². The lowest BCUT2D eigenvalue weighted by atomic mass is 10.1. The van der Waals surface area contributed by atoms with E-state index in [9.17, 15) is 13.2 Å². The van der Waals surface area contributed by atoms with Crippen LogP contribution in [0, 0.1) is 0 Å². The minimum Gasteiger partial charge on any atom is -0.496 e. The first-order valence-corrected chi connectivity index (χ1v) is 11.7. The lowest BCUT2D eigenvalue weighted by molar-refractivity contribution is -0.119. The molecule has 164 valence electrons. The molecule has 0 saturated heterocycles. The number of aryl methyl sites for hydroxylation is 1. The molecule has 0 unspecified atom stereocenters. The maximum atomic E-state index is 12.4. The van der Waals surface area contributed by atoms with Crippen LogP contribution in [0.4, 0.5) is 5.69 Å². The van der Waals surface area contributed by atoms with Crippen LogP contribution in [0.25, 0.3) is 0 Å². The lowest BCUT2D eigenvalue weighted by Gasteiger charge is -2.22. The first-order chi connectivity index (χ1) is 14.2. The Morgan fingerprint density at radius 2 is 1.77 bits per heavy atom. The standard InChI is InChI=1S/C22H30N2O5S/c1-17(2)29-20-13-11-19(12-14-20)24(30(4,26)27)16-22(25)23-15-7-9-18-8-5-6-10-21(18)28-3/h5-6,8,10-14,17H,7,9,15-16H2,1-4H3,(H,23,25). The first-order valence-electron chi connectivity index (χ1n) is 9.83. The molecule has 0 atom stereocenters. The highest BCUT2D eigenvalue weighted by Gasteiger charge is 2.20. The lowest BCUT2D eigenvalue weighted by Crippen LogP contribution is -2.40. The highest BCUT2D eigenvalue weighted by molar-refractivity contribution is 7.92. The van der Waals surface area contributed by atoms with Gasteiger partial charge in [0.25, 0.3) is 0 Å². The average molecular weight is 435 g/mol. The molecular weight excluding hydrogens is 404 g/mol. The number of benzene rings is 2. The minimum absolute atomic E-state index is 0.0171. The van der Waals surface area contributed by atoms with Crippen molar-refractivity contribution in [2.75, 3.05) is 30.8 Å². The molecule has 2 rings (SSSR count). The zero-order chi connectivity index (χ0) is 22.1. The summed E-state index contributed by atoms with van der Waals surface area (Å²) < 4.78 is 36.4. The van der Waals surface area contributed by atoms with Gasteiger partial charge in [0.2, 0.25) is 15.9 Å². The molecule has 8 heteroatoms. The van der Waals surface area contributed by atoms with Gasteiger partial charge in [0, 0.05) is 6.54 Å². The molecular formula is C22H30N2O5S. The van der Waals surface area contributed by atoms with E-state index < -0.39 is 10.0 Å². The van der Waals surface area contributed by atoms with Gasteiger partial charge in [-0.25, -0.2) is 8.42 Å². The van der Waals surface area contributed by atoms with Crippen LogP contribution in [0.1, 0.15) is 25.8 Å². The number of para-hydroxylation sites is 1. The Labute approximate surface area is 179 Å². The summed E-state index contributed by atoms with van der Waals surface area (Å²) in [4.78, 5) is 12.4. The van der Waals surface area contributed by atoms with Crippen molar-refractivity contribution >= 4 is 21.6 Å². The Morgan fingerprint density at radius 1 is 1.10 bits per heavy atom. The molecule has 0 spiro atoms. The van der Waals surface area contributed by atoms with E-state index in [0.29, 0.717) is 24.4 Å². The summed E-state index contributed by atoms with van der Waals surface area (Å²) >= 11 is 0. The first kappa shape index (κ1) is 23.5. The number of rotatable bonds is 11. The molecule has 0 radical (unpaired) electrons. The fraction of sp³-hybridized carbons (Fsp3) is 0.409. The summed E-state index contributed by atoms with van der Waals surface area (Å²) in [5.41, 5.74) is 1.48. The summed E-state index contributed by atoms with van der Waals surface area (Å²) in [6, 6.07) is 14.4. The number of hydrogen-bond donors (Lipinski definition) is 1. The number of nitrogens with one attached hydrogen (secondary N) is 1. The van der Waals surface area contributed by atoms with Crippen LogP contribution < -0.4 is 19.1 Å². The van der Waals surface area contributed by atoms with Crippen LogP contribution in [-0.2, 0) is 21.2 Å². The normalized spacial score (nSPS) is 11.2. The van der Waals surface area contributed by atoms with E-state index >= 15 is 0 Å². The van der Waals surface area contributed by atoms with Crippen LogP contribution in [0.5, 0.6) is 11.5 Å². The van der Waals surface area contributed by atoms with Gasteiger partial charge in [0.05, 0.1) is 25.2 Å². The van der Waals surface area contributed by atoms with Gasteiger partial charge in [-0.2, -0.15) is 0 Å². The number of methoxy groups -OCH3 is 1. The summed E-state index contributed by atoms with van der Waals surface area (Å²) in [5.74, 6) is 1.10. The molecule has 0 heterocycles. The van der Waals surface area contributed by atoms with E-state index in [2.05, 4.69) is 5.32 Å². The molecule has 0 bridgehead atoms. The Hall–Kier alpha value is -2.74. The Kier molecular flexibility index (Phi) is 8.53. The molecule has 0 aliphatic rings. The predicted molar refractivity (Wildman–Crippen MR) is 119 cm³/mol. The maximum Gasteiger partial charge on any atom is 0.240 e. The largest absolute Gasteiger partial charge is 0.496 e. The van der Waals surface area contributed by atoms with Gasteiger partial charge in [-0.15, -0.1) is 0 Å². The Bertz CT molecular complexity index is 927. The van der Waals surface area contributed by atoms with Crippen molar-refractivity contribution < 1.29 is 22.7 Å². The van der Waals surface area contributed by atoms with Crippen molar-refractivity contribution in [1.82, 2.24) is 5.32 Å². The van der Waals surface area contributed by atoms with Crippen molar-refractivity contribution in [3.05, 3.63) is 54.1 Å². The summed E-state index contributed by atoms with van der Waals surface area (Å²) in [7, 11) is -1.99. The van der Waals surface area contributed by atoms with Gasteiger partial charge in [-0.05, 0) is 62.6 Å². The molecule has 0 aliphatic heterocycles. The van der Waals surface area contributed by atoms with Gasteiger partial charge in [-0.3, -0.25) is 9.10 Å². The second-order valence-electron chi connectivity index (χ2n) is 7.20. The number of hydrogen-bond acceptors (Lipinski definition) is 5. The maximum absolute atomic E-state index is 12.4. The van der Waals surface area contributed by atoms with E-state index in [4.69, 9.17) is 9.47 Å². The van der Waals surface area contributed by atoms with Crippen LogP contribution in [-0.4, -0.2) is 46.9 Å². The second-order valence-corrected chi connectivity index (χ2v) is 9.10.